The van der Waals surface area contributed by atoms with Crippen molar-refractivity contribution < 1.29 is 19.4 Å². The summed E-state index contributed by atoms with van der Waals surface area (Å²) >= 11 is 0. The number of hydrogen-bond donors (Lipinski definition) is 2. The van der Waals surface area contributed by atoms with Crippen LogP contribution in [0.4, 0.5) is 0 Å². The van der Waals surface area contributed by atoms with Gasteiger partial charge in [0, 0.05) is 5.56 Å². The minimum absolute atomic E-state index is 0.000739. The molecule has 5 nitrogen and oxygen atoms in total. The molecule has 0 fully saturated rings. The van der Waals surface area contributed by atoms with Crippen molar-refractivity contribution in [1.29, 1.82) is 0 Å². The number of carbonyl (C=O) groups is 2. The van der Waals surface area contributed by atoms with Gasteiger partial charge in [-0.25, -0.2) is 0 Å². The molecule has 2 N–H and O–H groups in total. The molecule has 1 atom stereocenters. The van der Waals surface area contributed by atoms with Crippen molar-refractivity contribution in [2.45, 2.75) is 32.7 Å². The van der Waals surface area contributed by atoms with Gasteiger partial charge in [0.25, 0.3) is 5.91 Å². The predicted molar refractivity (Wildman–Crippen MR) is 76.0 cm³/mol. The highest BCUT2D eigenvalue weighted by atomic mass is 16.5. The molecule has 0 bridgehead atoms. The molecule has 1 aromatic carbocycles. The summed E-state index contributed by atoms with van der Waals surface area (Å²) in [4.78, 5) is 23.2. The Balaban J connectivity index is 2.87. The molecule has 0 radical (unpaired) electrons. The molecule has 0 saturated heterocycles. The summed E-state index contributed by atoms with van der Waals surface area (Å²) in [5.74, 6) is -0.555. The second-order valence-corrected chi connectivity index (χ2v) is 5.33. The molecule has 110 valence electrons. The van der Waals surface area contributed by atoms with E-state index >= 15 is 0 Å². The maximum absolute atomic E-state index is 12.2. The minimum Gasteiger partial charge on any atom is -0.497 e. The smallest absolute Gasteiger partial charge is 0.305 e. The average molecular weight is 279 g/mol. The van der Waals surface area contributed by atoms with E-state index in [4.69, 9.17) is 9.84 Å². The monoisotopic (exact) mass is 279 g/mol. The van der Waals surface area contributed by atoms with Crippen molar-refractivity contribution in [3.8, 4) is 5.75 Å². The van der Waals surface area contributed by atoms with E-state index < -0.39 is 11.5 Å². The van der Waals surface area contributed by atoms with Crippen LogP contribution in [0.1, 0.15) is 37.6 Å². The molecule has 0 aliphatic carbocycles. The molecule has 1 amide bonds. The van der Waals surface area contributed by atoms with Crippen LogP contribution < -0.4 is 10.1 Å². The van der Waals surface area contributed by atoms with Gasteiger partial charge in [-0.3, -0.25) is 9.59 Å². The molecule has 0 aliphatic heterocycles. The Morgan fingerprint density at radius 2 is 1.85 bits per heavy atom. The maximum atomic E-state index is 12.2. The molecule has 0 aromatic heterocycles. The Hall–Kier alpha value is -2.04. The average Bonchev–Trinajstić information content (AvgIpc) is 2.37. The highest BCUT2D eigenvalue weighted by Gasteiger charge is 2.33. The Morgan fingerprint density at radius 1 is 1.30 bits per heavy atom. The number of benzene rings is 1. The van der Waals surface area contributed by atoms with Gasteiger partial charge in [-0.1, -0.05) is 13.8 Å². The zero-order valence-corrected chi connectivity index (χ0v) is 12.3. The fourth-order valence-corrected chi connectivity index (χ4v) is 1.78. The molecule has 0 aliphatic rings. The van der Waals surface area contributed by atoms with Crippen molar-refractivity contribution >= 4 is 11.9 Å². The molecular formula is C15H21NO4. The number of nitrogens with one attached hydrogen (secondary N) is 1. The van der Waals surface area contributed by atoms with Crippen molar-refractivity contribution in [2.75, 3.05) is 7.11 Å². The quantitative estimate of drug-likeness (QED) is 0.838. The fourth-order valence-electron chi connectivity index (χ4n) is 1.78. The van der Waals surface area contributed by atoms with Gasteiger partial charge in [0.1, 0.15) is 5.75 Å². The van der Waals surface area contributed by atoms with Gasteiger partial charge in [0.15, 0.2) is 0 Å². The molecule has 0 spiro atoms. The molecule has 5 heteroatoms. The van der Waals surface area contributed by atoms with Crippen molar-refractivity contribution in [1.82, 2.24) is 5.32 Å². The first-order valence-corrected chi connectivity index (χ1v) is 6.47. The number of hydrogen-bond acceptors (Lipinski definition) is 3. The van der Waals surface area contributed by atoms with Gasteiger partial charge >= 0.3 is 5.97 Å². The number of carboxylic acid groups (broad SMARTS) is 1. The van der Waals surface area contributed by atoms with Crippen LogP contribution in [0.3, 0.4) is 0 Å². The molecule has 1 unspecified atom stereocenters. The normalized spacial score (nSPS) is 13.7. The lowest BCUT2D eigenvalue weighted by molar-refractivity contribution is -0.138. The van der Waals surface area contributed by atoms with Crippen LogP contribution in [-0.2, 0) is 4.79 Å². The largest absolute Gasteiger partial charge is 0.497 e. The van der Waals surface area contributed by atoms with E-state index in [-0.39, 0.29) is 18.2 Å². The van der Waals surface area contributed by atoms with E-state index in [1.54, 1.807) is 38.3 Å². The van der Waals surface area contributed by atoms with Gasteiger partial charge in [-0.2, -0.15) is 0 Å². The predicted octanol–water partition coefficient (Wildman–Crippen LogP) is 2.31. The summed E-state index contributed by atoms with van der Waals surface area (Å²) in [7, 11) is 1.55. The van der Waals surface area contributed by atoms with Gasteiger partial charge in [0.2, 0.25) is 0 Å². The van der Waals surface area contributed by atoms with E-state index in [1.165, 1.54) is 0 Å². The zero-order chi connectivity index (χ0) is 15.3. The Bertz CT molecular complexity index is 481. The topological polar surface area (TPSA) is 75.6 Å². The number of carbonyl (C=O) groups excluding carboxylic acids is 1. The number of carboxylic acids is 1. The third kappa shape index (κ3) is 3.98. The second-order valence-electron chi connectivity index (χ2n) is 5.33. The molecule has 1 rings (SSSR count). The van der Waals surface area contributed by atoms with Gasteiger partial charge in [-0.15, -0.1) is 0 Å². The zero-order valence-electron chi connectivity index (χ0n) is 12.3. The number of methoxy groups -OCH3 is 1. The SMILES string of the molecule is COc1ccc(C(=O)NC(C)(CC(=O)O)C(C)C)cc1. The number of aliphatic carboxylic acids is 1. The van der Waals surface area contributed by atoms with E-state index in [1.807, 2.05) is 13.8 Å². The van der Waals surface area contributed by atoms with Crippen LogP contribution in [0, 0.1) is 5.92 Å². The summed E-state index contributed by atoms with van der Waals surface area (Å²) in [5.41, 5.74) is -0.314. The van der Waals surface area contributed by atoms with E-state index in [0.29, 0.717) is 11.3 Å². The van der Waals surface area contributed by atoms with E-state index in [0.717, 1.165) is 0 Å². The van der Waals surface area contributed by atoms with Crippen LogP contribution >= 0.6 is 0 Å². The van der Waals surface area contributed by atoms with E-state index in [9.17, 15) is 9.59 Å². The number of amides is 1. The van der Waals surface area contributed by atoms with Crippen molar-refractivity contribution in [2.24, 2.45) is 5.92 Å². The Morgan fingerprint density at radius 3 is 2.25 bits per heavy atom. The Kier molecular flexibility index (Phi) is 5.13. The third-order valence-electron chi connectivity index (χ3n) is 3.54. The van der Waals surface area contributed by atoms with Gasteiger partial charge < -0.3 is 15.2 Å². The first-order chi connectivity index (χ1) is 9.28. The van der Waals surface area contributed by atoms with Crippen LogP contribution in [0.15, 0.2) is 24.3 Å². The fraction of sp³-hybridized carbons (Fsp3) is 0.467. The first-order valence-electron chi connectivity index (χ1n) is 6.47. The van der Waals surface area contributed by atoms with Crippen molar-refractivity contribution in [3.63, 3.8) is 0 Å². The van der Waals surface area contributed by atoms with Gasteiger partial charge in [0.05, 0.1) is 19.1 Å². The molecule has 20 heavy (non-hydrogen) atoms. The molecule has 1 aromatic rings. The summed E-state index contributed by atoms with van der Waals surface area (Å²) in [6.45, 7) is 5.52. The molecule has 0 saturated carbocycles. The Labute approximate surface area is 118 Å². The van der Waals surface area contributed by atoms with E-state index in [2.05, 4.69) is 5.32 Å². The highest BCUT2D eigenvalue weighted by Crippen LogP contribution is 2.22. The highest BCUT2D eigenvalue weighted by molar-refractivity contribution is 5.95. The third-order valence-corrected chi connectivity index (χ3v) is 3.54. The number of ether oxygens (including phenoxy) is 1. The maximum Gasteiger partial charge on any atom is 0.305 e. The minimum atomic E-state index is -0.934. The lowest BCUT2D eigenvalue weighted by atomic mass is 9.85. The standard InChI is InChI=1S/C15H21NO4/c1-10(2)15(3,9-13(17)18)16-14(19)11-5-7-12(20-4)8-6-11/h5-8,10H,9H2,1-4H3,(H,16,19)(H,17,18). The molecular weight excluding hydrogens is 258 g/mol. The second kappa shape index (κ2) is 6.41. The van der Waals surface area contributed by atoms with Crippen LogP contribution in [0.25, 0.3) is 0 Å². The lowest BCUT2D eigenvalue weighted by Gasteiger charge is -2.33. The first kappa shape index (κ1) is 16.0. The number of rotatable bonds is 6. The van der Waals surface area contributed by atoms with Crippen LogP contribution in [0.2, 0.25) is 0 Å². The van der Waals surface area contributed by atoms with Gasteiger partial charge in [-0.05, 0) is 37.1 Å². The summed E-state index contributed by atoms with van der Waals surface area (Å²) < 4.78 is 5.03. The van der Waals surface area contributed by atoms with Crippen molar-refractivity contribution in [3.05, 3.63) is 29.8 Å². The summed E-state index contributed by atoms with van der Waals surface area (Å²) in [6.07, 6.45) is -0.118. The van der Waals surface area contributed by atoms with Crippen LogP contribution in [-0.4, -0.2) is 29.6 Å². The van der Waals surface area contributed by atoms with Crippen LogP contribution in [0.5, 0.6) is 5.75 Å². The summed E-state index contributed by atoms with van der Waals surface area (Å²) in [5, 5.41) is 11.8. The summed E-state index contributed by atoms with van der Waals surface area (Å²) in [6, 6.07) is 6.68. The lowest BCUT2D eigenvalue weighted by Crippen LogP contribution is -2.51. The molecule has 0 heterocycles.